The number of H-pyrrole nitrogens is 1. The fourth-order valence-corrected chi connectivity index (χ4v) is 6.99. The van der Waals surface area contributed by atoms with E-state index in [2.05, 4.69) is 25.3 Å². The van der Waals surface area contributed by atoms with Crippen LogP contribution in [0, 0.1) is 0 Å². The third-order valence-corrected chi connectivity index (χ3v) is 10.2. The molecule has 4 aromatic carbocycles. The molecule has 52 heavy (non-hydrogen) atoms. The molecule has 12 nitrogen and oxygen atoms in total. The highest BCUT2D eigenvalue weighted by molar-refractivity contribution is 7.99. The van der Waals surface area contributed by atoms with Gasteiger partial charge in [0.1, 0.15) is 11.5 Å². The highest BCUT2D eigenvalue weighted by Gasteiger charge is 2.41. The molecule has 16 heteroatoms. The minimum Gasteiger partial charge on any atom is -0.497 e. The number of rotatable bonds is 9. The summed E-state index contributed by atoms with van der Waals surface area (Å²) < 4.78 is 11.6. The number of methoxy groups -OCH3 is 2. The Labute approximate surface area is 315 Å². The van der Waals surface area contributed by atoms with Crippen molar-refractivity contribution in [1.82, 2.24) is 29.9 Å². The van der Waals surface area contributed by atoms with Crippen LogP contribution in [0.25, 0.3) is 22.5 Å². The van der Waals surface area contributed by atoms with Crippen molar-refractivity contribution >= 4 is 52.5 Å². The third kappa shape index (κ3) is 8.22. The van der Waals surface area contributed by atoms with E-state index in [0.29, 0.717) is 54.7 Å². The molecule has 3 heterocycles. The summed E-state index contributed by atoms with van der Waals surface area (Å²) in [6, 6.07) is 27.4. The first-order chi connectivity index (χ1) is 25.1. The molecule has 264 valence electrons. The van der Waals surface area contributed by atoms with Gasteiger partial charge in [0, 0.05) is 32.3 Å². The largest absolute Gasteiger partial charge is 0.497 e. The predicted octanol–water partition coefficient (Wildman–Crippen LogP) is 6.24. The van der Waals surface area contributed by atoms with Crippen molar-refractivity contribution in [2.45, 2.75) is 16.0 Å². The molecule has 1 unspecified atom stereocenters. The lowest BCUT2D eigenvalue weighted by molar-refractivity contribution is 0.0125. The van der Waals surface area contributed by atoms with Crippen LogP contribution in [0.1, 0.15) is 15.9 Å². The highest BCUT2D eigenvalue weighted by atomic mass is 35.5. The number of carbonyl (C=O) groups excluding carboxylic acids is 1. The SMILES string of the molecule is COc1ccc(-c2nn3c(nc2=O)SCC3(O)c2ccc(Cl)cc2)cc1.COc1ccc(-c2nnc(SCC(=O)c3ccc(Cl)cc3)[nH]c2=O)cc1. The Morgan fingerprint density at radius 2 is 1.40 bits per heavy atom. The van der Waals surface area contributed by atoms with Crippen LogP contribution in [-0.4, -0.2) is 66.6 Å². The zero-order valence-electron chi connectivity index (χ0n) is 27.4. The van der Waals surface area contributed by atoms with Gasteiger partial charge in [0.05, 0.1) is 25.7 Å². The summed E-state index contributed by atoms with van der Waals surface area (Å²) in [4.78, 5) is 43.5. The van der Waals surface area contributed by atoms with Crippen molar-refractivity contribution in [2.75, 3.05) is 25.7 Å². The summed E-state index contributed by atoms with van der Waals surface area (Å²) in [5, 5.41) is 25.4. The van der Waals surface area contributed by atoms with Gasteiger partial charge in [0.25, 0.3) is 5.56 Å². The number of fused-ring (bicyclic) bond motifs is 1. The Hall–Kier alpha value is -4.99. The van der Waals surface area contributed by atoms with Gasteiger partial charge >= 0.3 is 5.56 Å². The molecule has 0 amide bonds. The van der Waals surface area contributed by atoms with Crippen LogP contribution in [0.3, 0.4) is 0 Å². The molecule has 2 N–H and O–H groups in total. The van der Waals surface area contributed by atoms with E-state index in [9.17, 15) is 19.5 Å². The second kappa shape index (κ2) is 16.1. The molecule has 7 rings (SSSR count). The topological polar surface area (TPSA) is 162 Å². The zero-order valence-corrected chi connectivity index (χ0v) is 30.6. The Kier molecular flexibility index (Phi) is 11.4. The van der Waals surface area contributed by atoms with Gasteiger partial charge in [-0.05, 0) is 84.9 Å². The van der Waals surface area contributed by atoms with Crippen LogP contribution in [0.15, 0.2) is 117 Å². The number of nitrogens with zero attached hydrogens (tertiary/aromatic N) is 5. The summed E-state index contributed by atoms with van der Waals surface area (Å²) in [5.41, 5.74) is 0.598. The second-order valence-electron chi connectivity index (χ2n) is 11.1. The number of carbonyl (C=O) groups is 1. The van der Waals surface area contributed by atoms with E-state index in [1.807, 2.05) is 0 Å². The number of halogens is 2. The molecule has 0 fully saturated rings. The maximum absolute atomic E-state index is 12.4. The number of nitrogens with one attached hydrogen (secondary N) is 1. The van der Waals surface area contributed by atoms with Crippen molar-refractivity contribution in [3.05, 3.63) is 139 Å². The van der Waals surface area contributed by atoms with Gasteiger partial charge in [-0.15, -0.1) is 10.2 Å². The van der Waals surface area contributed by atoms with Crippen LogP contribution in [0.2, 0.25) is 10.0 Å². The molecule has 2 aromatic heterocycles. The molecule has 0 saturated carbocycles. The van der Waals surface area contributed by atoms with Crippen molar-refractivity contribution in [3.63, 3.8) is 0 Å². The Morgan fingerprint density at radius 1 is 0.846 bits per heavy atom. The molecule has 1 aliphatic rings. The number of aromatic nitrogens is 6. The lowest BCUT2D eigenvalue weighted by atomic mass is 10.1. The number of benzene rings is 4. The molecule has 0 bridgehead atoms. The van der Waals surface area contributed by atoms with Gasteiger partial charge < -0.3 is 14.6 Å². The lowest BCUT2D eigenvalue weighted by Crippen LogP contribution is -2.37. The molecule has 1 atom stereocenters. The second-order valence-corrected chi connectivity index (χ2v) is 13.8. The Balaban J connectivity index is 0.000000179. The van der Waals surface area contributed by atoms with Gasteiger partial charge in [-0.3, -0.25) is 19.4 Å². The summed E-state index contributed by atoms with van der Waals surface area (Å²) in [6.07, 6.45) is 0. The molecular formula is C36H28Cl2N6O6S2. The number of hydrogen-bond donors (Lipinski definition) is 2. The summed E-state index contributed by atoms with van der Waals surface area (Å²) in [6.45, 7) is 0. The normalized spacial score (nSPS) is 14.6. The zero-order chi connectivity index (χ0) is 36.8. The Morgan fingerprint density at radius 3 is 1.96 bits per heavy atom. The number of thioether (sulfide) groups is 2. The maximum atomic E-state index is 12.4. The number of ketones is 1. The maximum Gasteiger partial charge on any atom is 0.300 e. The average Bonchev–Trinajstić information content (AvgIpc) is 3.50. The fraction of sp³-hybridized carbons (Fsp3) is 0.139. The predicted molar refractivity (Wildman–Crippen MR) is 201 cm³/mol. The summed E-state index contributed by atoms with van der Waals surface area (Å²) in [5.74, 6) is 1.71. The number of Topliss-reactive ketones (excluding diaryl/α,β-unsaturated/α-hetero) is 1. The van der Waals surface area contributed by atoms with Gasteiger partial charge in [-0.25, -0.2) is 4.68 Å². The summed E-state index contributed by atoms with van der Waals surface area (Å²) >= 11 is 14.2. The lowest BCUT2D eigenvalue weighted by Gasteiger charge is -2.24. The summed E-state index contributed by atoms with van der Waals surface area (Å²) in [7, 11) is 3.14. The molecule has 1 aliphatic heterocycles. The van der Waals surface area contributed by atoms with Crippen LogP contribution in [0.4, 0.5) is 0 Å². The first kappa shape index (κ1) is 36.8. The van der Waals surface area contributed by atoms with E-state index >= 15 is 0 Å². The fourth-order valence-electron chi connectivity index (χ4n) is 4.96. The number of aliphatic hydroxyl groups is 1. The first-order valence-electron chi connectivity index (χ1n) is 15.4. The van der Waals surface area contributed by atoms with E-state index in [1.54, 1.807) is 111 Å². The standard InChI is InChI=1S/2C18H14ClN3O3S/c1-25-14-8-2-11(3-9-14)15-16(23)20-17-22(21-15)18(24,10-26-17)12-4-6-13(19)7-5-12;1-25-14-8-4-12(5-9-14)16-17(24)20-18(22-21-16)26-10-15(23)11-2-6-13(19)7-3-11/h2-9,24H,10H2,1H3;2-9H,10H2,1H3,(H,20,22,24). The van der Waals surface area contributed by atoms with Crippen molar-refractivity contribution in [3.8, 4) is 34.0 Å². The van der Waals surface area contributed by atoms with E-state index in [4.69, 9.17) is 32.7 Å². The van der Waals surface area contributed by atoms with Crippen LogP contribution in [-0.2, 0) is 5.72 Å². The molecular weight excluding hydrogens is 747 g/mol. The molecule has 6 aromatic rings. The molecule has 0 radical (unpaired) electrons. The quantitative estimate of drug-likeness (QED) is 0.126. The molecule has 0 aliphatic carbocycles. The van der Waals surface area contributed by atoms with Crippen LogP contribution < -0.4 is 20.6 Å². The number of ether oxygens (including phenoxy) is 2. The van der Waals surface area contributed by atoms with Gasteiger partial charge in [0.2, 0.25) is 0 Å². The Bertz CT molecular complexity index is 2320. The van der Waals surface area contributed by atoms with Crippen LogP contribution >= 0.6 is 46.7 Å². The van der Waals surface area contributed by atoms with E-state index in [-0.39, 0.29) is 33.6 Å². The minimum atomic E-state index is -1.40. The van der Waals surface area contributed by atoms with Crippen molar-refractivity contribution < 1.29 is 19.4 Å². The van der Waals surface area contributed by atoms with E-state index in [1.165, 1.54) is 16.4 Å². The van der Waals surface area contributed by atoms with Gasteiger partial charge in [-0.1, -0.05) is 58.9 Å². The third-order valence-electron chi connectivity index (χ3n) is 7.75. The van der Waals surface area contributed by atoms with Crippen molar-refractivity contribution in [2.24, 2.45) is 0 Å². The molecule has 0 spiro atoms. The molecule has 0 saturated heterocycles. The van der Waals surface area contributed by atoms with Crippen molar-refractivity contribution in [1.29, 1.82) is 0 Å². The number of hydrogen-bond acceptors (Lipinski definition) is 12. The van der Waals surface area contributed by atoms with Gasteiger partial charge in [-0.2, -0.15) is 10.1 Å². The van der Waals surface area contributed by atoms with E-state index < -0.39 is 11.3 Å². The van der Waals surface area contributed by atoms with E-state index in [0.717, 1.165) is 11.8 Å². The smallest absolute Gasteiger partial charge is 0.300 e. The minimum absolute atomic E-state index is 0.0893. The number of aromatic amines is 1. The highest BCUT2D eigenvalue weighted by Crippen LogP contribution is 2.38. The van der Waals surface area contributed by atoms with Gasteiger partial charge in [0.15, 0.2) is 33.2 Å². The monoisotopic (exact) mass is 774 g/mol. The van der Waals surface area contributed by atoms with Crippen LogP contribution in [0.5, 0.6) is 11.5 Å². The first-order valence-corrected chi connectivity index (χ1v) is 18.1. The average molecular weight is 776 g/mol.